The number of sulfonamides is 1. The zero-order valence-corrected chi connectivity index (χ0v) is 20.2. The minimum atomic E-state index is -3.52. The van der Waals surface area contributed by atoms with E-state index in [9.17, 15) is 13.2 Å². The molecule has 2 aromatic carbocycles. The topological polar surface area (TPSA) is 75.7 Å². The number of para-hydroxylation sites is 1. The number of rotatable bonds is 9. The molecular formula is C24H31ClN2O4S. The Morgan fingerprint density at radius 1 is 1.22 bits per heavy atom. The summed E-state index contributed by atoms with van der Waals surface area (Å²) in [6.07, 6.45) is 1.33. The van der Waals surface area contributed by atoms with Crippen molar-refractivity contribution in [3.05, 3.63) is 64.7 Å². The van der Waals surface area contributed by atoms with E-state index in [1.165, 1.54) is 4.31 Å². The number of amides is 1. The van der Waals surface area contributed by atoms with Gasteiger partial charge in [-0.15, -0.1) is 0 Å². The summed E-state index contributed by atoms with van der Waals surface area (Å²) < 4.78 is 33.0. The van der Waals surface area contributed by atoms with Crippen LogP contribution in [0, 0.1) is 5.92 Å². The van der Waals surface area contributed by atoms with Gasteiger partial charge in [-0.05, 0) is 48.1 Å². The second kappa shape index (κ2) is 11.2. The maximum absolute atomic E-state index is 12.9. The van der Waals surface area contributed by atoms with Crippen LogP contribution in [-0.2, 0) is 20.6 Å². The smallest absolute Gasteiger partial charge is 0.224 e. The molecule has 0 aromatic heterocycles. The van der Waals surface area contributed by atoms with E-state index in [1.54, 1.807) is 24.3 Å². The highest BCUT2D eigenvalue weighted by atomic mass is 35.5. The lowest BCUT2D eigenvalue weighted by Crippen LogP contribution is -2.46. The van der Waals surface area contributed by atoms with Crippen LogP contribution in [0.2, 0.25) is 5.02 Å². The average Bonchev–Trinajstić information content (AvgIpc) is 2.76. The van der Waals surface area contributed by atoms with Crippen molar-refractivity contribution >= 4 is 27.5 Å². The molecule has 0 radical (unpaired) electrons. The van der Waals surface area contributed by atoms with Crippen LogP contribution in [0.3, 0.4) is 0 Å². The minimum Gasteiger partial charge on any atom is -0.491 e. The summed E-state index contributed by atoms with van der Waals surface area (Å²) in [5.41, 5.74) is 1.77. The molecule has 1 atom stereocenters. The molecule has 2 aromatic rings. The Kier molecular flexibility index (Phi) is 8.57. The normalized spacial score (nSPS) is 17.3. The molecule has 0 aliphatic carbocycles. The van der Waals surface area contributed by atoms with Crippen LogP contribution in [0.5, 0.6) is 5.75 Å². The quantitative estimate of drug-likeness (QED) is 0.548. The van der Waals surface area contributed by atoms with Gasteiger partial charge in [-0.2, -0.15) is 0 Å². The largest absolute Gasteiger partial charge is 0.491 e. The highest BCUT2D eigenvalue weighted by molar-refractivity contribution is 7.88. The lowest BCUT2D eigenvalue weighted by atomic mass is 9.99. The number of hydrogen-bond acceptors (Lipinski definition) is 4. The lowest BCUT2D eigenvalue weighted by molar-refractivity contribution is -0.126. The predicted molar refractivity (Wildman–Crippen MR) is 127 cm³/mol. The zero-order chi connectivity index (χ0) is 23.1. The van der Waals surface area contributed by atoms with Crippen molar-refractivity contribution in [1.29, 1.82) is 0 Å². The van der Waals surface area contributed by atoms with Gasteiger partial charge in [0.2, 0.25) is 15.9 Å². The summed E-state index contributed by atoms with van der Waals surface area (Å²) in [5, 5.41) is 3.40. The Morgan fingerprint density at radius 2 is 2.00 bits per heavy atom. The Morgan fingerprint density at radius 3 is 2.75 bits per heavy atom. The molecule has 1 aliphatic rings. The van der Waals surface area contributed by atoms with Gasteiger partial charge in [-0.25, -0.2) is 12.7 Å². The van der Waals surface area contributed by atoms with Crippen LogP contribution in [0.1, 0.15) is 43.7 Å². The van der Waals surface area contributed by atoms with E-state index in [4.69, 9.17) is 16.3 Å². The third-order valence-electron chi connectivity index (χ3n) is 5.59. The summed E-state index contributed by atoms with van der Waals surface area (Å²) in [6, 6.07) is 14.7. The first-order valence-electron chi connectivity index (χ1n) is 11.0. The molecular weight excluding hydrogens is 448 g/mol. The van der Waals surface area contributed by atoms with E-state index in [1.807, 2.05) is 24.3 Å². The van der Waals surface area contributed by atoms with E-state index in [2.05, 4.69) is 19.2 Å². The van der Waals surface area contributed by atoms with E-state index >= 15 is 0 Å². The number of piperidine rings is 1. The maximum Gasteiger partial charge on any atom is 0.224 e. The van der Waals surface area contributed by atoms with Gasteiger partial charge in [-0.1, -0.05) is 55.8 Å². The third-order valence-corrected chi connectivity index (χ3v) is 7.64. The molecule has 3 rings (SSSR count). The summed E-state index contributed by atoms with van der Waals surface area (Å²) in [6.45, 7) is 5.59. The van der Waals surface area contributed by atoms with Crippen LogP contribution in [0.15, 0.2) is 48.5 Å². The van der Waals surface area contributed by atoms with Gasteiger partial charge in [0.05, 0.1) is 18.2 Å². The molecule has 0 unspecified atom stereocenters. The van der Waals surface area contributed by atoms with Crippen molar-refractivity contribution in [3.8, 4) is 5.75 Å². The van der Waals surface area contributed by atoms with E-state index in [-0.39, 0.29) is 24.1 Å². The molecule has 1 fully saturated rings. The molecule has 1 heterocycles. The summed E-state index contributed by atoms with van der Waals surface area (Å²) >= 11 is 5.98. The molecule has 174 valence electrons. The van der Waals surface area contributed by atoms with Crippen LogP contribution < -0.4 is 10.1 Å². The van der Waals surface area contributed by atoms with Crippen molar-refractivity contribution in [2.24, 2.45) is 5.92 Å². The lowest BCUT2D eigenvalue weighted by Gasteiger charge is -2.31. The fraction of sp³-hybridized carbons (Fsp3) is 0.458. The molecule has 0 spiro atoms. The fourth-order valence-corrected chi connectivity index (χ4v) is 5.72. The Bertz CT molecular complexity index is 1030. The monoisotopic (exact) mass is 478 g/mol. The predicted octanol–water partition coefficient (Wildman–Crippen LogP) is 4.20. The summed E-state index contributed by atoms with van der Waals surface area (Å²) in [5.74, 6) is 0.565. The van der Waals surface area contributed by atoms with Gasteiger partial charge >= 0.3 is 0 Å². The van der Waals surface area contributed by atoms with Gasteiger partial charge < -0.3 is 10.1 Å². The molecule has 1 N–H and O–H groups in total. The fourth-order valence-electron chi connectivity index (χ4n) is 3.91. The highest BCUT2D eigenvalue weighted by Gasteiger charge is 2.32. The highest BCUT2D eigenvalue weighted by Crippen LogP contribution is 2.26. The molecule has 6 nitrogen and oxygen atoms in total. The Balaban J connectivity index is 1.50. The number of carbonyl (C=O) groups is 1. The Hall–Kier alpha value is -2.09. The van der Waals surface area contributed by atoms with E-state index in [0.29, 0.717) is 49.0 Å². The van der Waals surface area contributed by atoms with Crippen molar-refractivity contribution in [3.63, 3.8) is 0 Å². The van der Waals surface area contributed by atoms with Gasteiger partial charge in [-0.3, -0.25) is 4.79 Å². The molecule has 8 heteroatoms. The second-order valence-electron chi connectivity index (χ2n) is 8.42. The number of benzene rings is 2. The van der Waals surface area contributed by atoms with Crippen LogP contribution in [-0.4, -0.2) is 44.9 Å². The number of carbonyl (C=O) groups excluding carboxylic acids is 1. The number of ether oxygens (including phenoxy) is 1. The molecule has 32 heavy (non-hydrogen) atoms. The van der Waals surface area contributed by atoms with Gasteiger partial charge in [0.15, 0.2) is 0 Å². The van der Waals surface area contributed by atoms with Crippen LogP contribution >= 0.6 is 11.6 Å². The first-order chi connectivity index (χ1) is 15.3. The molecule has 0 saturated carbocycles. The average molecular weight is 479 g/mol. The number of halogens is 1. The Labute approximate surface area is 196 Å². The van der Waals surface area contributed by atoms with E-state index < -0.39 is 10.0 Å². The third kappa shape index (κ3) is 6.70. The van der Waals surface area contributed by atoms with Crippen molar-refractivity contribution in [2.45, 2.75) is 38.4 Å². The van der Waals surface area contributed by atoms with Crippen molar-refractivity contribution in [2.75, 3.05) is 26.2 Å². The number of nitrogens with one attached hydrogen (secondary N) is 1. The minimum absolute atomic E-state index is 0.120. The molecule has 0 bridgehead atoms. The van der Waals surface area contributed by atoms with Crippen molar-refractivity contribution < 1.29 is 17.9 Å². The summed E-state index contributed by atoms with van der Waals surface area (Å²) in [4.78, 5) is 12.7. The number of hydrogen-bond donors (Lipinski definition) is 1. The standard InChI is InChI=1S/C24H31ClN2O4S/c1-18(2)22-10-3-4-11-23(22)31-14-12-26-24(28)20-8-6-13-27(16-20)32(29,30)17-19-7-5-9-21(25)15-19/h3-5,7,9-11,15,18,20H,6,8,12-14,16-17H2,1-2H3,(H,26,28)/t20-/m1/s1. The first kappa shape index (κ1) is 24.6. The second-order valence-corrected chi connectivity index (χ2v) is 10.8. The van der Waals surface area contributed by atoms with Gasteiger partial charge in [0.25, 0.3) is 0 Å². The molecule has 1 saturated heterocycles. The molecule has 1 amide bonds. The van der Waals surface area contributed by atoms with Gasteiger partial charge in [0.1, 0.15) is 12.4 Å². The number of nitrogens with zero attached hydrogens (tertiary/aromatic N) is 1. The van der Waals surface area contributed by atoms with Crippen LogP contribution in [0.25, 0.3) is 0 Å². The van der Waals surface area contributed by atoms with Crippen molar-refractivity contribution in [1.82, 2.24) is 9.62 Å². The maximum atomic E-state index is 12.9. The molecule has 1 aliphatic heterocycles. The first-order valence-corrected chi connectivity index (χ1v) is 13.0. The SMILES string of the molecule is CC(C)c1ccccc1OCCNC(=O)[C@@H]1CCCN(S(=O)(=O)Cc2cccc(Cl)c2)C1. The van der Waals surface area contributed by atoms with Crippen LogP contribution in [0.4, 0.5) is 0 Å². The van der Waals surface area contributed by atoms with Gasteiger partial charge in [0, 0.05) is 18.1 Å². The summed E-state index contributed by atoms with van der Waals surface area (Å²) in [7, 11) is -3.52. The van der Waals surface area contributed by atoms with E-state index in [0.717, 1.165) is 11.3 Å². The zero-order valence-electron chi connectivity index (χ0n) is 18.6.